The second kappa shape index (κ2) is 9.86. The van der Waals surface area contributed by atoms with Crippen molar-refractivity contribution in [2.75, 3.05) is 13.2 Å². The first kappa shape index (κ1) is 19.1. The molecule has 3 rings (SSSR count). The fraction of sp³-hybridized carbons (Fsp3) is 0.217. The summed E-state index contributed by atoms with van der Waals surface area (Å²) in [6.07, 6.45) is -0.650. The van der Waals surface area contributed by atoms with Gasteiger partial charge in [0, 0.05) is 19.6 Å². The maximum Gasteiger partial charge on any atom is 0.123 e. The van der Waals surface area contributed by atoms with Crippen molar-refractivity contribution in [3.63, 3.8) is 0 Å². The minimum Gasteiger partial charge on any atom is -0.491 e. The van der Waals surface area contributed by atoms with Gasteiger partial charge in [-0.05, 0) is 35.4 Å². The summed E-state index contributed by atoms with van der Waals surface area (Å²) in [7, 11) is 0. The highest BCUT2D eigenvalue weighted by Gasteiger charge is 2.14. The summed E-state index contributed by atoms with van der Waals surface area (Å²) in [6.45, 7) is 2.11. The van der Waals surface area contributed by atoms with Crippen LogP contribution in [-0.4, -0.2) is 29.3 Å². The van der Waals surface area contributed by atoms with E-state index < -0.39 is 6.10 Å². The summed E-state index contributed by atoms with van der Waals surface area (Å²) in [4.78, 5) is 2.20. The van der Waals surface area contributed by atoms with Crippen LogP contribution in [0.5, 0.6) is 5.75 Å². The van der Waals surface area contributed by atoms with E-state index in [1.165, 1.54) is 23.3 Å². The molecule has 140 valence electrons. The lowest BCUT2D eigenvalue weighted by Gasteiger charge is -2.25. The fourth-order valence-electron chi connectivity index (χ4n) is 2.94. The van der Waals surface area contributed by atoms with Crippen LogP contribution in [0, 0.1) is 5.82 Å². The highest BCUT2D eigenvalue weighted by Crippen LogP contribution is 2.13. The van der Waals surface area contributed by atoms with Crippen LogP contribution in [0.3, 0.4) is 0 Å². The molecule has 1 atom stereocenters. The van der Waals surface area contributed by atoms with Gasteiger partial charge < -0.3 is 9.84 Å². The Morgan fingerprint density at radius 3 is 1.81 bits per heavy atom. The van der Waals surface area contributed by atoms with Gasteiger partial charge in [0.05, 0.1) is 0 Å². The summed E-state index contributed by atoms with van der Waals surface area (Å²) in [6, 6.07) is 26.2. The van der Waals surface area contributed by atoms with Crippen LogP contribution in [0.4, 0.5) is 4.39 Å². The zero-order valence-electron chi connectivity index (χ0n) is 15.2. The lowest BCUT2D eigenvalue weighted by molar-refractivity contribution is 0.0628. The van der Waals surface area contributed by atoms with Crippen molar-refractivity contribution in [3.8, 4) is 5.75 Å². The minimum absolute atomic E-state index is 0.158. The summed E-state index contributed by atoms with van der Waals surface area (Å²) in [5, 5.41) is 10.5. The Morgan fingerprint density at radius 2 is 1.30 bits per heavy atom. The first-order valence-corrected chi connectivity index (χ1v) is 9.06. The molecular weight excluding hydrogens is 341 g/mol. The van der Waals surface area contributed by atoms with E-state index in [0.29, 0.717) is 12.3 Å². The molecule has 3 aromatic carbocycles. The van der Waals surface area contributed by atoms with E-state index in [9.17, 15) is 9.50 Å². The van der Waals surface area contributed by atoms with Crippen molar-refractivity contribution >= 4 is 0 Å². The van der Waals surface area contributed by atoms with Gasteiger partial charge in [-0.15, -0.1) is 0 Å². The number of benzene rings is 3. The third-order valence-corrected chi connectivity index (χ3v) is 4.22. The van der Waals surface area contributed by atoms with Gasteiger partial charge >= 0.3 is 0 Å². The zero-order chi connectivity index (χ0) is 18.9. The Balaban J connectivity index is 1.59. The van der Waals surface area contributed by atoms with Gasteiger partial charge in [-0.25, -0.2) is 4.39 Å². The van der Waals surface area contributed by atoms with Crippen LogP contribution in [0.25, 0.3) is 0 Å². The predicted molar refractivity (Wildman–Crippen MR) is 105 cm³/mol. The van der Waals surface area contributed by atoms with Crippen molar-refractivity contribution in [2.24, 2.45) is 0 Å². The SMILES string of the molecule is OC(COc1ccc(F)cc1)CN(Cc1ccccc1)Cc1ccccc1. The van der Waals surface area contributed by atoms with Crippen LogP contribution < -0.4 is 4.74 Å². The molecule has 0 spiro atoms. The van der Waals surface area contributed by atoms with Crippen molar-refractivity contribution in [1.82, 2.24) is 4.90 Å². The quantitative estimate of drug-likeness (QED) is 0.615. The van der Waals surface area contributed by atoms with Crippen LogP contribution in [-0.2, 0) is 13.1 Å². The number of halogens is 1. The largest absolute Gasteiger partial charge is 0.491 e. The summed E-state index contributed by atoms with van der Waals surface area (Å²) < 4.78 is 18.5. The average Bonchev–Trinajstić information content (AvgIpc) is 2.69. The molecule has 3 aromatic rings. The van der Waals surface area contributed by atoms with Crippen molar-refractivity contribution in [1.29, 1.82) is 0 Å². The number of ether oxygens (including phenoxy) is 1. The van der Waals surface area contributed by atoms with Gasteiger partial charge in [0.1, 0.15) is 24.3 Å². The Kier molecular flexibility index (Phi) is 6.97. The molecule has 4 heteroatoms. The molecule has 3 nitrogen and oxygen atoms in total. The molecule has 0 aromatic heterocycles. The molecule has 0 saturated heterocycles. The molecular formula is C23H24FNO2. The minimum atomic E-state index is -0.650. The Hall–Kier alpha value is -2.69. The lowest BCUT2D eigenvalue weighted by Crippen LogP contribution is -2.35. The number of aliphatic hydroxyl groups excluding tert-OH is 1. The second-order valence-corrected chi connectivity index (χ2v) is 6.56. The predicted octanol–water partition coefficient (Wildman–Crippen LogP) is 4.27. The molecule has 0 amide bonds. The van der Waals surface area contributed by atoms with Gasteiger partial charge in [-0.3, -0.25) is 4.90 Å². The molecule has 1 N–H and O–H groups in total. The fourth-order valence-corrected chi connectivity index (χ4v) is 2.94. The maximum atomic E-state index is 13.0. The van der Waals surface area contributed by atoms with Crippen molar-refractivity contribution in [3.05, 3.63) is 102 Å². The summed E-state index contributed by atoms with van der Waals surface area (Å²) in [5.41, 5.74) is 2.39. The Bertz CT molecular complexity index is 752. The molecule has 0 aliphatic heterocycles. The lowest BCUT2D eigenvalue weighted by atomic mass is 10.1. The smallest absolute Gasteiger partial charge is 0.123 e. The Morgan fingerprint density at radius 1 is 0.778 bits per heavy atom. The topological polar surface area (TPSA) is 32.7 Å². The van der Waals surface area contributed by atoms with Crippen molar-refractivity contribution in [2.45, 2.75) is 19.2 Å². The molecule has 0 heterocycles. The highest BCUT2D eigenvalue weighted by atomic mass is 19.1. The molecule has 0 bridgehead atoms. The first-order valence-electron chi connectivity index (χ1n) is 9.06. The number of hydrogen-bond acceptors (Lipinski definition) is 3. The molecule has 0 aliphatic carbocycles. The third kappa shape index (κ3) is 6.51. The average molecular weight is 365 g/mol. The summed E-state index contributed by atoms with van der Waals surface area (Å²) in [5.74, 6) is 0.243. The van der Waals surface area contributed by atoms with E-state index in [-0.39, 0.29) is 12.4 Å². The highest BCUT2D eigenvalue weighted by molar-refractivity contribution is 5.22. The molecule has 0 fully saturated rings. The molecule has 27 heavy (non-hydrogen) atoms. The van der Waals surface area contributed by atoms with Gasteiger partial charge in [-0.2, -0.15) is 0 Å². The third-order valence-electron chi connectivity index (χ3n) is 4.22. The van der Waals surface area contributed by atoms with E-state index in [2.05, 4.69) is 29.2 Å². The van der Waals surface area contributed by atoms with Gasteiger partial charge in [-0.1, -0.05) is 60.7 Å². The number of nitrogens with zero attached hydrogens (tertiary/aromatic N) is 1. The van der Waals surface area contributed by atoms with Crippen LogP contribution in [0.1, 0.15) is 11.1 Å². The molecule has 1 unspecified atom stereocenters. The number of aliphatic hydroxyl groups is 1. The van der Waals surface area contributed by atoms with Crippen molar-refractivity contribution < 1.29 is 14.2 Å². The van der Waals surface area contributed by atoms with E-state index in [0.717, 1.165) is 13.1 Å². The molecule has 0 saturated carbocycles. The number of rotatable bonds is 9. The van der Waals surface area contributed by atoms with E-state index in [1.807, 2.05) is 36.4 Å². The van der Waals surface area contributed by atoms with E-state index in [1.54, 1.807) is 12.1 Å². The number of hydrogen-bond donors (Lipinski definition) is 1. The van der Waals surface area contributed by atoms with E-state index in [4.69, 9.17) is 4.74 Å². The first-order chi connectivity index (χ1) is 13.2. The standard InChI is InChI=1S/C23H24FNO2/c24-21-11-13-23(14-12-21)27-18-22(26)17-25(15-19-7-3-1-4-8-19)16-20-9-5-2-6-10-20/h1-14,22,26H,15-18H2. The summed E-state index contributed by atoms with van der Waals surface area (Å²) >= 11 is 0. The zero-order valence-corrected chi connectivity index (χ0v) is 15.2. The van der Waals surface area contributed by atoms with Gasteiger partial charge in [0.2, 0.25) is 0 Å². The maximum absolute atomic E-state index is 13.0. The van der Waals surface area contributed by atoms with Gasteiger partial charge in [0.25, 0.3) is 0 Å². The van der Waals surface area contributed by atoms with E-state index >= 15 is 0 Å². The monoisotopic (exact) mass is 365 g/mol. The van der Waals surface area contributed by atoms with Gasteiger partial charge in [0.15, 0.2) is 0 Å². The second-order valence-electron chi connectivity index (χ2n) is 6.56. The normalized spacial score (nSPS) is 12.1. The Labute approximate surface area is 159 Å². The molecule has 0 aliphatic rings. The van der Waals surface area contributed by atoms with Crippen LogP contribution >= 0.6 is 0 Å². The van der Waals surface area contributed by atoms with Crippen LogP contribution in [0.15, 0.2) is 84.9 Å². The van der Waals surface area contributed by atoms with Crippen LogP contribution in [0.2, 0.25) is 0 Å². The molecule has 0 radical (unpaired) electrons.